The lowest BCUT2D eigenvalue weighted by Crippen LogP contribution is -2.26. The molecule has 0 aromatic carbocycles. The largest absolute Gasteiger partial charge is 0.461 e. The lowest BCUT2D eigenvalue weighted by atomic mass is 10.0. The van der Waals surface area contributed by atoms with E-state index in [4.69, 9.17) is 4.74 Å². The van der Waals surface area contributed by atoms with Gasteiger partial charge in [-0.1, -0.05) is 19.0 Å². The summed E-state index contributed by atoms with van der Waals surface area (Å²) in [6, 6.07) is -0.814. The molecule has 1 fully saturated rings. The van der Waals surface area contributed by atoms with Crippen molar-refractivity contribution in [1.82, 2.24) is 0 Å². The summed E-state index contributed by atoms with van der Waals surface area (Å²) in [4.78, 5) is 22.1. The summed E-state index contributed by atoms with van der Waals surface area (Å²) < 4.78 is 5.23. The maximum atomic E-state index is 11.5. The molecule has 4 nitrogen and oxygen atoms in total. The van der Waals surface area contributed by atoms with Crippen LogP contribution in [-0.2, 0) is 9.53 Å². The highest BCUT2D eigenvalue weighted by Gasteiger charge is 2.26. The summed E-state index contributed by atoms with van der Waals surface area (Å²) in [5.41, 5.74) is 0. The van der Waals surface area contributed by atoms with Crippen molar-refractivity contribution in [2.24, 2.45) is 11.1 Å². The molecule has 0 spiro atoms. The van der Waals surface area contributed by atoms with E-state index < -0.39 is 12.0 Å². The molecule has 0 N–H and O–H groups in total. The first-order valence-corrected chi connectivity index (χ1v) is 5.66. The third-order valence-electron chi connectivity index (χ3n) is 2.68. The number of hydrogen-bond acceptors (Lipinski definition) is 4. The van der Waals surface area contributed by atoms with Crippen LogP contribution in [0, 0.1) is 10.8 Å². The molecule has 86 valence electrons. The summed E-state index contributed by atoms with van der Waals surface area (Å²) in [7, 11) is 0. The van der Waals surface area contributed by atoms with Gasteiger partial charge in [-0.05, 0) is 38.0 Å². The second-order valence-corrected chi connectivity index (χ2v) is 4.59. The highest BCUT2D eigenvalue weighted by atomic mass is 16.5. The van der Waals surface area contributed by atoms with E-state index in [2.05, 4.69) is 5.18 Å². The SMILES string of the molecule is CC(C)C[C@H](N=O)C(=O)OC1CCCC1. The minimum Gasteiger partial charge on any atom is -0.461 e. The first kappa shape index (κ1) is 12.1. The number of carbonyl (C=O) groups is 1. The number of nitrogens with zero attached hydrogens (tertiary/aromatic N) is 1. The van der Waals surface area contributed by atoms with Crippen molar-refractivity contribution >= 4 is 5.97 Å². The van der Waals surface area contributed by atoms with E-state index in [0.29, 0.717) is 6.42 Å². The molecule has 0 aromatic heterocycles. The predicted molar refractivity (Wildman–Crippen MR) is 57.4 cm³/mol. The van der Waals surface area contributed by atoms with Crippen LogP contribution >= 0.6 is 0 Å². The van der Waals surface area contributed by atoms with Crippen LogP contribution in [0.25, 0.3) is 0 Å². The molecule has 4 heteroatoms. The maximum absolute atomic E-state index is 11.5. The Morgan fingerprint density at radius 2 is 2.00 bits per heavy atom. The van der Waals surface area contributed by atoms with Crippen molar-refractivity contribution in [3.05, 3.63) is 4.91 Å². The molecular formula is C11H19NO3. The molecule has 0 saturated heterocycles. The summed E-state index contributed by atoms with van der Waals surface area (Å²) in [5.74, 6) is -0.158. The van der Waals surface area contributed by atoms with Crippen LogP contribution in [0.3, 0.4) is 0 Å². The van der Waals surface area contributed by atoms with E-state index in [1.165, 1.54) is 0 Å². The zero-order valence-electron chi connectivity index (χ0n) is 9.44. The maximum Gasteiger partial charge on any atom is 0.334 e. The van der Waals surface area contributed by atoms with E-state index in [-0.39, 0.29) is 12.0 Å². The second-order valence-electron chi connectivity index (χ2n) is 4.59. The number of carbonyl (C=O) groups excluding carboxylic acids is 1. The van der Waals surface area contributed by atoms with E-state index in [0.717, 1.165) is 25.7 Å². The van der Waals surface area contributed by atoms with Gasteiger partial charge in [-0.25, -0.2) is 4.79 Å². The van der Waals surface area contributed by atoms with Gasteiger partial charge in [-0.3, -0.25) is 0 Å². The second kappa shape index (κ2) is 5.83. The third-order valence-corrected chi connectivity index (χ3v) is 2.68. The Balaban J connectivity index is 2.38. The van der Waals surface area contributed by atoms with Crippen LogP contribution in [0.4, 0.5) is 0 Å². The minimum atomic E-state index is -0.814. The van der Waals surface area contributed by atoms with Crippen molar-refractivity contribution in [3.8, 4) is 0 Å². The topological polar surface area (TPSA) is 55.7 Å². The summed E-state index contributed by atoms with van der Waals surface area (Å²) in [6.45, 7) is 3.92. The van der Waals surface area contributed by atoms with E-state index in [1.807, 2.05) is 13.8 Å². The van der Waals surface area contributed by atoms with Crippen molar-refractivity contribution < 1.29 is 9.53 Å². The van der Waals surface area contributed by atoms with E-state index >= 15 is 0 Å². The van der Waals surface area contributed by atoms with Crippen LogP contribution in [-0.4, -0.2) is 18.1 Å². The predicted octanol–water partition coefficient (Wildman–Crippen LogP) is 2.65. The van der Waals surface area contributed by atoms with Gasteiger partial charge in [0, 0.05) is 0 Å². The molecule has 0 bridgehead atoms. The van der Waals surface area contributed by atoms with Gasteiger partial charge in [0.2, 0.25) is 0 Å². The first-order chi connectivity index (χ1) is 7.13. The van der Waals surface area contributed by atoms with Crippen LogP contribution in [0.5, 0.6) is 0 Å². The van der Waals surface area contributed by atoms with Gasteiger partial charge in [-0.15, -0.1) is 4.91 Å². The van der Waals surface area contributed by atoms with Gasteiger partial charge < -0.3 is 4.74 Å². The zero-order valence-corrected chi connectivity index (χ0v) is 9.44. The third kappa shape index (κ3) is 3.98. The smallest absolute Gasteiger partial charge is 0.334 e. The quantitative estimate of drug-likeness (QED) is 0.521. The first-order valence-electron chi connectivity index (χ1n) is 5.66. The van der Waals surface area contributed by atoms with Gasteiger partial charge in [0.1, 0.15) is 6.10 Å². The molecule has 0 aliphatic heterocycles. The summed E-state index contributed by atoms with van der Waals surface area (Å²) >= 11 is 0. The fourth-order valence-corrected chi connectivity index (χ4v) is 1.88. The average Bonchev–Trinajstić information content (AvgIpc) is 2.66. The lowest BCUT2D eigenvalue weighted by molar-refractivity contribution is -0.150. The van der Waals surface area contributed by atoms with Crippen molar-refractivity contribution in [2.75, 3.05) is 0 Å². The zero-order chi connectivity index (χ0) is 11.3. The Morgan fingerprint density at radius 3 is 2.47 bits per heavy atom. The van der Waals surface area contributed by atoms with Gasteiger partial charge in [0.05, 0.1) is 0 Å². The fourth-order valence-electron chi connectivity index (χ4n) is 1.88. The lowest BCUT2D eigenvalue weighted by Gasteiger charge is -2.15. The molecule has 15 heavy (non-hydrogen) atoms. The highest BCUT2D eigenvalue weighted by Crippen LogP contribution is 2.22. The van der Waals surface area contributed by atoms with Crippen LogP contribution in [0.15, 0.2) is 5.18 Å². The van der Waals surface area contributed by atoms with Crippen molar-refractivity contribution in [1.29, 1.82) is 0 Å². The normalized spacial score (nSPS) is 19.1. The van der Waals surface area contributed by atoms with Gasteiger partial charge in [-0.2, -0.15) is 0 Å². The molecule has 0 radical (unpaired) electrons. The van der Waals surface area contributed by atoms with E-state index in [1.54, 1.807) is 0 Å². The molecular weight excluding hydrogens is 194 g/mol. The standard InChI is InChI=1S/C11H19NO3/c1-8(2)7-10(12-14)11(13)15-9-5-3-4-6-9/h8-10H,3-7H2,1-2H3/t10-/m0/s1. The van der Waals surface area contributed by atoms with E-state index in [9.17, 15) is 9.70 Å². The Kier molecular flexibility index (Phi) is 4.72. The molecule has 1 atom stereocenters. The molecule has 1 aliphatic rings. The Labute approximate surface area is 90.4 Å². The average molecular weight is 213 g/mol. The van der Waals surface area contributed by atoms with Crippen molar-refractivity contribution in [2.45, 2.75) is 58.1 Å². The number of nitroso groups, excluding NO2 is 1. The van der Waals surface area contributed by atoms with Gasteiger partial charge >= 0.3 is 5.97 Å². The fraction of sp³-hybridized carbons (Fsp3) is 0.909. The number of hydrogen-bond donors (Lipinski definition) is 0. The molecule has 1 aliphatic carbocycles. The van der Waals surface area contributed by atoms with Crippen LogP contribution in [0.2, 0.25) is 0 Å². The molecule has 0 heterocycles. The Hall–Kier alpha value is -0.930. The Morgan fingerprint density at radius 1 is 1.40 bits per heavy atom. The monoisotopic (exact) mass is 213 g/mol. The summed E-state index contributed by atoms with van der Waals surface area (Å²) in [5, 5.41) is 2.85. The highest BCUT2D eigenvalue weighted by molar-refractivity contribution is 5.76. The molecule has 0 unspecified atom stereocenters. The molecule has 1 saturated carbocycles. The minimum absolute atomic E-state index is 0.0221. The molecule has 0 amide bonds. The molecule has 1 rings (SSSR count). The van der Waals surface area contributed by atoms with Crippen molar-refractivity contribution in [3.63, 3.8) is 0 Å². The number of ether oxygens (including phenoxy) is 1. The van der Waals surface area contributed by atoms with Gasteiger partial charge in [0.25, 0.3) is 0 Å². The number of rotatable bonds is 5. The van der Waals surface area contributed by atoms with Gasteiger partial charge in [0.15, 0.2) is 6.04 Å². The molecule has 0 aromatic rings. The summed E-state index contributed by atoms with van der Waals surface area (Å²) in [6.07, 6.45) is 4.59. The Bertz CT molecular complexity index is 222. The van der Waals surface area contributed by atoms with Crippen LogP contribution in [0.1, 0.15) is 46.0 Å². The number of esters is 1. The van der Waals surface area contributed by atoms with Crippen LogP contribution < -0.4 is 0 Å².